The van der Waals surface area contributed by atoms with E-state index in [1.807, 2.05) is 50.1 Å². The third-order valence-corrected chi connectivity index (χ3v) is 8.75. The first-order valence-corrected chi connectivity index (χ1v) is 14.8. The quantitative estimate of drug-likeness (QED) is 0.355. The number of nitriles is 1. The van der Waals surface area contributed by atoms with E-state index in [0.29, 0.717) is 11.6 Å². The fraction of sp³-hybridized carbons (Fsp3) is 0.448. The third-order valence-electron chi connectivity index (χ3n) is 7.73. The Labute approximate surface area is 241 Å². The lowest BCUT2D eigenvalue weighted by atomic mass is 10.2. The van der Waals surface area contributed by atoms with E-state index in [9.17, 15) is 10.1 Å². The molecule has 7 rings (SSSR count). The first-order valence-electron chi connectivity index (χ1n) is 14.0. The maximum absolute atomic E-state index is 12.9. The van der Waals surface area contributed by atoms with Gasteiger partial charge in [-0.1, -0.05) is 11.3 Å². The number of anilines is 2. The summed E-state index contributed by atoms with van der Waals surface area (Å²) >= 11 is 1.56. The van der Waals surface area contributed by atoms with Gasteiger partial charge in [-0.3, -0.25) is 9.88 Å². The molecule has 6 heterocycles. The average Bonchev–Trinajstić information content (AvgIpc) is 3.34. The van der Waals surface area contributed by atoms with Gasteiger partial charge in [-0.2, -0.15) is 10.4 Å². The number of fused-ring (bicyclic) bond motifs is 3. The molecule has 1 amide bonds. The van der Waals surface area contributed by atoms with Gasteiger partial charge in [0.1, 0.15) is 11.7 Å². The average molecular weight is 570 g/mol. The minimum absolute atomic E-state index is 0.110. The molecule has 2 saturated heterocycles. The molecule has 2 unspecified atom stereocenters. The van der Waals surface area contributed by atoms with Crippen LogP contribution in [0.1, 0.15) is 52.0 Å². The molecule has 2 aliphatic heterocycles. The van der Waals surface area contributed by atoms with Crippen LogP contribution in [0, 0.1) is 11.3 Å². The van der Waals surface area contributed by atoms with Gasteiger partial charge in [0.15, 0.2) is 5.01 Å². The molecule has 3 aliphatic rings. The van der Waals surface area contributed by atoms with Gasteiger partial charge in [0.2, 0.25) is 5.13 Å². The molecule has 210 valence electrons. The number of aromatic nitrogens is 5. The highest BCUT2D eigenvalue weighted by molar-refractivity contribution is 7.18. The smallest absolute Gasteiger partial charge is 0.410 e. The molecule has 1 N–H and O–H groups in total. The lowest BCUT2D eigenvalue weighted by Gasteiger charge is -2.41. The Balaban J connectivity index is 1.15. The van der Waals surface area contributed by atoms with Crippen molar-refractivity contribution in [1.82, 2.24) is 29.7 Å². The zero-order valence-electron chi connectivity index (χ0n) is 23.2. The molecule has 41 heavy (non-hydrogen) atoms. The maximum Gasteiger partial charge on any atom is 0.410 e. The summed E-state index contributed by atoms with van der Waals surface area (Å²) in [7, 11) is 0. The summed E-state index contributed by atoms with van der Waals surface area (Å²) in [4.78, 5) is 21.9. The highest BCUT2D eigenvalue weighted by Crippen LogP contribution is 2.40. The Morgan fingerprint density at radius 3 is 2.59 bits per heavy atom. The maximum atomic E-state index is 12.9. The number of carbonyl (C=O) groups is 1. The zero-order valence-corrected chi connectivity index (χ0v) is 24.1. The number of hydrogen-bond acceptors (Lipinski definition) is 10. The lowest BCUT2D eigenvalue weighted by Crippen LogP contribution is -2.56. The van der Waals surface area contributed by atoms with E-state index in [-0.39, 0.29) is 18.2 Å². The summed E-state index contributed by atoms with van der Waals surface area (Å²) in [5.74, 6) is 0. The van der Waals surface area contributed by atoms with Crippen LogP contribution in [-0.4, -0.2) is 72.6 Å². The van der Waals surface area contributed by atoms with Gasteiger partial charge in [0.25, 0.3) is 0 Å². The number of piperazine rings is 1. The Hall–Kier alpha value is -4.24. The van der Waals surface area contributed by atoms with Gasteiger partial charge >= 0.3 is 6.09 Å². The van der Waals surface area contributed by atoms with Gasteiger partial charge < -0.3 is 15.0 Å². The molecule has 0 spiro atoms. The van der Waals surface area contributed by atoms with E-state index in [4.69, 9.17) is 9.72 Å². The van der Waals surface area contributed by atoms with E-state index in [1.165, 1.54) is 0 Å². The van der Waals surface area contributed by atoms with Crippen LogP contribution < -0.4 is 10.2 Å². The summed E-state index contributed by atoms with van der Waals surface area (Å²) in [5.41, 5.74) is 4.38. The Morgan fingerprint density at radius 1 is 1.10 bits per heavy atom. The molecular formula is C29H31N9O2S. The molecule has 3 fully saturated rings. The van der Waals surface area contributed by atoms with Crippen molar-refractivity contribution < 1.29 is 9.53 Å². The number of ether oxygens (including phenoxy) is 1. The van der Waals surface area contributed by atoms with Crippen LogP contribution in [0.5, 0.6) is 0 Å². The van der Waals surface area contributed by atoms with Gasteiger partial charge in [0.05, 0.1) is 46.3 Å². The van der Waals surface area contributed by atoms with Crippen molar-refractivity contribution in [3.63, 3.8) is 0 Å². The molecule has 1 saturated carbocycles. The van der Waals surface area contributed by atoms with Crippen molar-refractivity contribution in [3.8, 4) is 28.0 Å². The largest absolute Gasteiger partial charge is 0.444 e. The van der Waals surface area contributed by atoms with Crippen molar-refractivity contribution in [3.05, 3.63) is 42.2 Å². The normalized spacial score (nSPS) is 20.3. The SMILES string of the molecule is CC(C)(C)OC(=O)N1C2CCC1CN(c1nnc(-c3cnc(-c4ccc5cc(C#N)cnn45)cc3NC3CC3)s1)C2. The van der Waals surface area contributed by atoms with E-state index < -0.39 is 5.60 Å². The predicted octanol–water partition coefficient (Wildman–Crippen LogP) is 4.95. The minimum Gasteiger partial charge on any atom is -0.444 e. The number of amides is 1. The first-order chi connectivity index (χ1) is 19.8. The Morgan fingerprint density at radius 2 is 1.88 bits per heavy atom. The molecule has 1 aliphatic carbocycles. The van der Waals surface area contributed by atoms with E-state index >= 15 is 0 Å². The van der Waals surface area contributed by atoms with Gasteiger partial charge in [0, 0.05) is 31.0 Å². The van der Waals surface area contributed by atoms with Crippen LogP contribution in [0.3, 0.4) is 0 Å². The second-order valence-electron chi connectivity index (χ2n) is 12.0. The van der Waals surface area contributed by atoms with Crippen molar-refractivity contribution in [2.45, 2.75) is 70.2 Å². The number of pyridine rings is 1. The summed E-state index contributed by atoms with van der Waals surface area (Å²) < 4.78 is 7.50. The second kappa shape index (κ2) is 9.69. The summed E-state index contributed by atoms with van der Waals surface area (Å²) in [6.07, 6.45) is 7.41. The fourth-order valence-corrected chi connectivity index (χ4v) is 6.60. The first kappa shape index (κ1) is 25.7. The molecular weight excluding hydrogens is 538 g/mol. The monoisotopic (exact) mass is 569 g/mol. The van der Waals surface area contributed by atoms with Gasteiger partial charge in [-0.15, -0.1) is 10.2 Å². The number of nitrogens with zero attached hydrogens (tertiary/aromatic N) is 8. The molecule has 2 bridgehead atoms. The van der Waals surface area contributed by atoms with Crippen molar-refractivity contribution in [1.29, 1.82) is 5.26 Å². The third kappa shape index (κ3) is 4.95. The predicted molar refractivity (Wildman–Crippen MR) is 156 cm³/mol. The zero-order chi connectivity index (χ0) is 28.3. The van der Waals surface area contributed by atoms with Crippen LogP contribution >= 0.6 is 11.3 Å². The number of carbonyl (C=O) groups excluding carboxylic acids is 1. The van der Waals surface area contributed by atoms with Crippen LogP contribution in [0.2, 0.25) is 0 Å². The van der Waals surface area contributed by atoms with E-state index in [1.54, 1.807) is 22.0 Å². The van der Waals surface area contributed by atoms with Crippen LogP contribution in [-0.2, 0) is 4.74 Å². The Kier molecular flexibility index (Phi) is 6.08. The lowest BCUT2D eigenvalue weighted by molar-refractivity contribution is 0.0123. The Bertz CT molecular complexity index is 1670. The van der Waals surface area contributed by atoms with Crippen LogP contribution in [0.25, 0.3) is 27.5 Å². The van der Waals surface area contributed by atoms with Crippen LogP contribution in [0.15, 0.2) is 36.7 Å². The van der Waals surface area contributed by atoms with E-state index in [2.05, 4.69) is 37.6 Å². The van der Waals surface area contributed by atoms with E-state index in [0.717, 1.165) is 77.1 Å². The molecule has 0 radical (unpaired) electrons. The summed E-state index contributed by atoms with van der Waals surface area (Å²) in [6.45, 7) is 7.15. The minimum atomic E-state index is -0.510. The van der Waals surface area contributed by atoms with Gasteiger partial charge in [-0.25, -0.2) is 9.31 Å². The van der Waals surface area contributed by atoms with Crippen LogP contribution in [0.4, 0.5) is 15.6 Å². The van der Waals surface area contributed by atoms with Crippen molar-refractivity contribution >= 4 is 33.8 Å². The molecule has 2 atom stereocenters. The number of hydrogen-bond donors (Lipinski definition) is 1. The number of rotatable bonds is 5. The molecule has 11 nitrogen and oxygen atoms in total. The summed E-state index contributed by atoms with van der Waals surface area (Å²) in [6, 6.07) is 10.6. The fourth-order valence-electron chi connectivity index (χ4n) is 5.71. The number of nitrogens with one attached hydrogen (secondary N) is 1. The molecule has 12 heteroatoms. The summed E-state index contributed by atoms with van der Waals surface area (Å²) in [5, 5.41) is 28.1. The highest BCUT2D eigenvalue weighted by atomic mass is 32.1. The second-order valence-corrected chi connectivity index (χ2v) is 13.0. The molecule has 0 aromatic carbocycles. The molecule has 4 aromatic rings. The van der Waals surface area contributed by atoms with Crippen molar-refractivity contribution in [2.24, 2.45) is 0 Å². The standard InChI is InChI=1S/C29H31N9O2S/c1-29(2,3)40-28(39)37-20-6-7-21(37)16-36(15-20)27-35-34-26(41-27)22-14-31-24(11-23(22)33-18-4-5-18)25-9-8-19-10-17(12-30)13-32-38(19)25/h8-11,13-14,18,20-21H,4-7,15-16H2,1-3H3,(H,31,33). The van der Waals surface area contributed by atoms with Crippen molar-refractivity contribution in [2.75, 3.05) is 23.3 Å². The highest BCUT2D eigenvalue weighted by Gasteiger charge is 2.45. The topological polar surface area (TPSA) is 125 Å². The molecule has 4 aromatic heterocycles. The van der Waals surface area contributed by atoms with Gasteiger partial charge in [-0.05, 0) is 70.7 Å².